The summed E-state index contributed by atoms with van der Waals surface area (Å²) in [7, 11) is 0. The predicted molar refractivity (Wildman–Crippen MR) is 56.8 cm³/mol. The van der Waals surface area contributed by atoms with E-state index in [-0.39, 0.29) is 17.9 Å². The Morgan fingerprint density at radius 2 is 1.80 bits per heavy atom. The van der Waals surface area contributed by atoms with E-state index in [1.165, 1.54) is 6.42 Å². The van der Waals surface area contributed by atoms with Crippen molar-refractivity contribution in [3.63, 3.8) is 0 Å². The second kappa shape index (κ2) is 5.11. The molecule has 1 saturated carbocycles. The summed E-state index contributed by atoms with van der Waals surface area (Å²) < 4.78 is 0. The van der Waals surface area contributed by atoms with Gasteiger partial charge in [0.15, 0.2) is 0 Å². The molecule has 5 nitrogen and oxygen atoms in total. The van der Waals surface area contributed by atoms with Gasteiger partial charge >= 0.3 is 0 Å². The van der Waals surface area contributed by atoms with E-state index in [4.69, 9.17) is 11.5 Å². The standard InChI is InChI=1S/C10H19N3O2/c11-8(14)6-9(15)13-7-10(12)4-2-1-3-5-10/h1-7,12H2,(H2,11,14)(H,13,15). The highest BCUT2D eigenvalue weighted by atomic mass is 16.2. The van der Waals surface area contributed by atoms with Crippen LogP contribution in [0.3, 0.4) is 0 Å². The van der Waals surface area contributed by atoms with Crippen LogP contribution in [0.15, 0.2) is 0 Å². The first kappa shape index (κ1) is 12.0. The molecule has 0 unspecified atom stereocenters. The number of nitrogens with two attached hydrogens (primary N) is 2. The highest BCUT2D eigenvalue weighted by Crippen LogP contribution is 2.24. The highest BCUT2D eigenvalue weighted by Gasteiger charge is 2.27. The van der Waals surface area contributed by atoms with E-state index in [0.29, 0.717) is 6.54 Å². The number of primary amides is 1. The summed E-state index contributed by atoms with van der Waals surface area (Å²) in [6, 6.07) is 0. The van der Waals surface area contributed by atoms with E-state index in [2.05, 4.69) is 5.32 Å². The summed E-state index contributed by atoms with van der Waals surface area (Å²) in [5.41, 5.74) is 10.7. The van der Waals surface area contributed by atoms with Crippen molar-refractivity contribution in [3.8, 4) is 0 Å². The minimum Gasteiger partial charge on any atom is -0.369 e. The van der Waals surface area contributed by atoms with E-state index in [9.17, 15) is 9.59 Å². The molecular formula is C10H19N3O2. The van der Waals surface area contributed by atoms with Crippen LogP contribution in [0.1, 0.15) is 38.5 Å². The maximum Gasteiger partial charge on any atom is 0.229 e. The molecule has 86 valence electrons. The average molecular weight is 213 g/mol. The van der Waals surface area contributed by atoms with Gasteiger partial charge < -0.3 is 16.8 Å². The number of hydrogen-bond donors (Lipinski definition) is 3. The van der Waals surface area contributed by atoms with E-state index >= 15 is 0 Å². The smallest absolute Gasteiger partial charge is 0.229 e. The average Bonchev–Trinajstić information content (AvgIpc) is 2.15. The highest BCUT2D eigenvalue weighted by molar-refractivity contribution is 5.96. The van der Waals surface area contributed by atoms with Crippen molar-refractivity contribution in [2.45, 2.75) is 44.1 Å². The first-order valence-electron chi connectivity index (χ1n) is 5.36. The Morgan fingerprint density at radius 3 is 2.33 bits per heavy atom. The van der Waals surface area contributed by atoms with Crippen molar-refractivity contribution in [1.82, 2.24) is 5.32 Å². The van der Waals surface area contributed by atoms with Gasteiger partial charge in [-0.2, -0.15) is 0 Å². The zero-order valence-electron chi connectivity index (χ0n) is 8.92. The lowest BCUT2D eigenvalue weighted by Gasteiger charge is -2.33. The lowest BCUT2D eigenvalue weighted by Crippen LogP contribution is -2.51. The number of rotatable bonds is 4. The van der Waals surface area contributed by atoms with Gasteiger partial charge in [0.2, 0.25) is 11.8 Å². The SMILES string of the molecule is NC(=O)CC(=O)NCC1(N)CCCCC1. The zero-order chi connectivity index (χ0) is 11.3. The van der Waals surface area contributed by atoms with Crippen LogP contribution in [0.25, 0.3) is 0 Å². The normalized spacial score (nSPS) is 19.5. The molecule has 15 heavy (non-hydrogen) atoms. The fraction of sp³-hybridized carbons (Fsp3) is 0.800. The first-order chi connectivity index (χ1) is 7.02. The summed E-state index contributed by atoms with van der Waals surface area (Å²) in [6.45, 7) is 0.444. The molecule has 0 heterocycles. The molecule has 0 atom stereocenters. The third-order valence-electron chi connectivity index (χ3n) is 2.82. The largest absolute Gasteiger partial charge is 0.369 e. The summed E-state index contributed by atoms with van der Waals surface area (Å²) >= 11 is 0. The van der Waals surface area contributed by atoms with Gasteiger partial charge in [-0.3, -0.25) is 9.59 Å². The van der Waals surface area contributed by atoms with E-state index in [1.807, 2.05) is 0 Å². The minimum atomic E-state index is -0.609. The van der Waals surface area contributed by atoms with Crippen LogP contribution < -0.4 is 16.8 Å². The van der Waals surface area contributed by atoms with Gasteiger partial charge in [-0.15, -0.1) is 0 Å². The third kappa shape index (κ3) is 4.29. The predicted octanol–water partition coefficient (Wildman–Crippen LogP) is -0.360. The number of carbonyl (C=O) groups is 2. The fourth-order valence-corrected chi connectivity index (χ4v) is 1.93. The molecular weight excluding hydrogens is 194 g/mol. The Hall–Kier alpha value is -1.10. The molecule has 0 aromatic rings. The molecule has 0 bridgehead atoms. The lowest BCUT2D eigenvalue weighted by molar-refractivity contribution is -0.127. The Balaban J connectivity index is 2.28. The van der Waals surface area contributed by atoms with Crippen molar-refractivity contribution in [2.24, 2.45) is 11.5 Å². The molecule has 0 aromatic heterocycles. The maximum absolute atomic E-state index is 11.2. The van der Waals surface area contributed by atoms with E-state index in [0.717, 1.165) is 25.7 Å². The molecule has 2 amide bonds. The van der Waals surface area contributed by atoms with Crippen LogP contribution in [0, 0.1) is 0 Å². The summed E-state index contributed by atoms with van der Waals surface area (Å²) in [5, 5.41) is 2.66. The Bertz CT molecular complexity index is 247. The monoisotopic (exact) mass is 213 g/mol. The van der Waals surface area contributed by atoms with E-state index in [1.54, 1.807) is 0 Å². The minimum absolute atomic E-state index is 0.254. The quantitative estimate of drug-likeness (QED) is 0.556. The molecule has 0 aliphatic heterocycles. The third-order valence-corrected chi connectivity index (χ3v) is 2.82. The molecule has 0 spiro atoms. The van der Waals surface area contributed by atoms with Gasteiger partial charge in [-0.1, -0.05) is 19.3 Å². The molecule has 1 rings (SSSR count). The van der Waals surface area contributed by atoms with Crippen molar-refractivity contribution in [3.05, 3.63) is 0 Å². The molecule has 0 radical (unpaired) electrons. The second-order valence-electron chi connectivity index (χ2n) is 4.34. The molecule has 0 aromatic carbocycles. The summed E-state index contributed by atoms with van der Waals surface area (Å²) in [5.74, 6) is -0.944. The molecule has 1 fully saturated rings. The molecule has 1 aliphatic rings. The Kier molecular flexibility index (Phi) is 4.08. The maximum atomic E-state index is 11.2. The number of carbonyl (C=O) groups excluding carboxylic acids is 2. The topological polar surface area (TPSA) is 98.2 Å². The number of amides is 2. The van der Waals surface area contributed by atoms with Gasteiger partial charge in [0.05, 0.1) is 0 Å². The fourth-order valence-electron chi connectivity index (χ4n) is 1.93. The summed E-state index contributed by atoms with van der Waals surface area (Å²) in [4.78, 5) is 21.6. The summed E-state index contributed by atoms with van der Waals surface area (Å²) in [6.07, 6.45) is 5.06. The van der Waals surface area contributed by atoms with Crippen LogP contribution in [-0.2, 0) is 9.59 Å². The van der Waals surface area contributed by atoms with Crippen LogP contribution in [0.4, 0.5) is 0 Å². The van der Waals surface area contributed by atoms with Gasteiger partial charge in [0.1, 0.15) is 6.42 Å². The number of hydrogen-bond acceptors (Lipinski definition) is 3. The van der Waals surface area contributed by atoms with Gasteiger partial charge in [-0.25, -0.2) is 0 Å². The molecule has 0 saturated heterocycles. The Labute approximate surface area is 89.6 Å². The number of nitrogens with one attached hydrogen (secondary N) is 1. The van der Waals surface area contributed by atoms with Crippen molar-refractivity contribution in [2.75, 3.05) is 6.54 Å². The Morgan fingerprint density at radius 1 is 1.20 bits per heavy atom. The van der Waals surface area contributed by atoms with Gasteiger partial charge in [0, 0.05) is 12.1 Å². The molecule has 5 N–H and O–H groups in total. The molecule has 1 aliphatic carbocycles. The molecule has 5 heteroatoms. The van der Waals surface area contributed by atoms with Gasteiger partial charge in [-0.05, 0) is 12.8 Å². The lowest BCUT2D eigenvalue weighted by atomic mass is 9.82. The van der Waals surface area contributed by atoms with Crippen LogP contribution in [0.2, 0.25) is 0 Å². The zero-order valence-corrected chi connectivity index (χ0v) is 8.92. The van der Waals surface area contributed by atoms with Crippen molar-refractivity contribution in [1.29, 1.82) is 0 Å². The van der Waals surface area contributed by atoms with Crippen LogP contribution in [-0.4, -0.2) is 23.9 Å². The first-order valence-corrected chi connectivity index (χ1v) is 5.36. The van der Waals surface area contributed by atoms with E-state index < -0.39 is 5.91 Å². The second-order valence-corrected chi connectivity index (χ2v) is 4.34. The van der Waals surface area contributed by atoms with Crippen molar-refractivity contribution >= 4 is 11.8 Å². The van der Waals surface area contributed by atoms with Gasteiger partial charge in [0.25, 0.3) is 0 Å². The van der Waals surface area contributed by atoms with Crippen LogP contribution >= 0.6 is 0 Å². The van der Waals surface area contributed by atoms with Crippen molar-refractivity contribution < 1.29 is 9.59 Å². The van der Waals surface area contributed by atoms with Crippen LogP contribution in [0.5, 0.6) is 0 Å².